The van der Waals surface area contributed by atoms with Crippen LogP contribution >= 0.6 is 0 Å². The monoisotopic (exact) mass is 539 g/mol. The summed E-state index contributed by atoms with van der Waals surface area (Å²) in [6.45, 7) is 22.3. The number of hydrogen-bond donors (Lipinski definition) is 3. The SMILES string of the molecule is CC.CCC(CC)(c1ccc(CCC(O)(CC)C(C)(C)C)c(C)c1)c1ccc(C(=O)NC(C)C(=O)O)c(C)c1. The second-order valence-corrected chi connectivity index (χ2v) is 11.6. The van der Waals surface area contributed by atoms with E-state index in [1.807, 2.05) is 32.9 Å². The summed E-state index contributed by atoms with van der Waals surface area (Å²) in [6.07, 6.45) is 4.09. The summed E-state index contributed by atoms with van der Waals surface area (Å²) in [5.74, 6) is -1.43. The Morgan fingerprint density at radius 1 is 0.872 bits per heavy atom. The molecule has 0 radical (unpaired) electrons. The zero-order valence-corrected chi connectivity index (χ0v) is 26.3. The van der Waals surface area contributed by atoms with E-state index in [1.165, 1.54) is 23.6 Å². The van der Waals surface area contributed by atoms with Crippen molar-refractivity contribution in [1.82, 2.24) is 5.32 Å². The first-order valence-electron chi connectivity index (χ1n) is 14.6. The molecule has 2 unspecified atom stereocenters. The Kier molecular flexibility index (Phi) is 12.4. The van der Waals surface area contributed by atoms with Crippen molar-refractivity contribution in [3.8, 4) is 0 Å². The second-order valence-electron chi connectivity index (χ2n) is 11.6. The lowest BCUT2D eigenvalue weighted by Gasteiger charge is -2.40. The summed E-state index contributed by atoms with van der Waals surface area (Å²) in [4.78, 5) is 23.8. The number of hydrogen-bond acceptors (Lipinski definition) is 3. The fourth-order valence-corrected chi connectivity index (χ4v) is 5.48. The van der Waals surface area contributed by atoms with Crippen LogP contribution in [0.25, 0.3) is 0 Å². The molecule has 0 aliphatic heterocycles. The minimum Gasteiger partial charge on any atom is -0.480 e. The van der Waals surface area contributed by atoms with Gasteiger partial charge in [0.15, 0.2) is 0 Å². The Hall–Kier alpha value is -2.66. The number of aryl methyl sites for hydroxylation is 3. The molecular weight excluding hydrogens is 486 g/mol. The Bertz CT molecular complexity index is 1110. The first-order chi connectivity index (χ1) is 18.2. The minimum atomic E-state index is -1.06. The number of aliphatic carboxylic acids is 1. The smallest absolute Gasteiger partial charge is 0.325 e. The zero-order chi connectivity index (χ0) is 30.2. The summed E-state index contributed by atoms with van der Waals surface area (Å²) in [5.41, 5.74) is 5.12. The molecule has 218 valence electrons. The van der Waals surface area contributed by atoms with E-state index in [-0.39, 0.29) is 16.7 Å². The summed E-state index contributed by atoms with van der Waals surface area (Å²) in [5, 5.41) is 22.9. The molecule has 5 heteroatoms. The number of carbonyl (C=O) groups excluding carboxylic acids is 1. The number of carbonyl (C=O) groups is 2. The van der Waals surface area contributed by atoms with Gasteiger partial charge in [-0.2, -0.15) is 0 Å². The molecule has 39 heavy (non-hydrogen) atoms. The van der Waals surface area contributed by atoms with E-state index in [2.05, 4.69) is 78.0 Å². The molecule has 2 aromatic rings. The first-order valence-corrected chi connectivity index (χ1v) is 14.6. The van der Waals surface area contributed by atoms with Crippen LogP contribution < -0.4 is 5.32 Å². The summed E-state index contributed by atoms with van der Waals surface area (Å²) in [7, 11) is 0. The molecule has 0 fully saturated rings. The van der Waals surface area contributed by atoms with Crippen molar-refractivity contribution < 1.29 is 19.8 Å². The molecule has 2 rings (SSSR count). The Balaban J connectivity index is 0.00000371. The van der Waals surface area contributed by atoms with Gasteiger partial charge in [-0.3, -0.25) is 9.59 Å². The van der Waals surface area contributed by atoms with Crippen LogP contribution in [0.5, 0.6) is 0 Å². The number of nitrogens with one attached hydrogen (secondary N) is 1. The van der Waals surface area contributed by atoms with Crippen LogP contribution in [0.1, 0.15) is 126 Å². The van der Waals surface area contributed by atoms with Gasteiger partial charge in [0, 0.05) is 11.0 Å². The number of carboxylic acid groups (broad SMARTS) is 1. The van der Waals surface area contributed by atoms with Crippen molar-refractivity contribution >= 4 is 11.9 Å². The molecule has 3 N–H and O–H groups in total. The van der Waals surface area contributed by atoms with Crippen LogP contribution in [0, 0.1) is 19.3 Å². The average molecular weight is 540 g/mol. The summed E-state index contributed by atoms with van der Waals surface area (Å²) < 4.78 is 0. The lowest BCUT2D eigenvalue weighted by molar-refractivity contribution is -0.138. The van der Waals surface area contributed by atoms with Gasteiger partial charge >= 0.3 is 5.97 Å². The van der Waals surface area contributed by atoms with Gasteiger partial charge in [0.2, 0.25) is 0 Å². The summed E-state index contributed by atoms with van der Waals surface area (Å²) in [6, 6.07) is 11.7. The fourth-order valence-electron chi connectivity index (χ4n) is 5.48. The highest BCUT2D eigenvalue weighted by atomic mass is 16.4. The van der Waals surface area contributed by atoms with Crippen LogP contribution in [0.15, 0.2) is 36.4 Å². The van der Waals surface area contributed by atoms with Crippen molar-refractivity contribution in [3.63, 3.8) is 0 Å². The van der Waals surface area contributed by atoms with E-state index in [4.69, 9.17) is 5.11 Å². The third-order valence-electron chi connectivity index (χ3n) is 8.63. The third-order valence-corrected chi connectivity index (χ3v) is 8.63. The molecule has 0 saturated carbocycles. The molecule has 0 saturated heterocycles. The molecule has 5 nitrogen and oxygen atoms in total. The number of aliphatic hydroxyl groups is 1. The van der Waals surface area contributed by atoms with E-state index < -0.39 is 17.6 Å². The van der Waals surface area contributed by atoms with Crippen molar-refractivity contribution in [3.05, 3.63) is 69.8 Å². The maximum absolute atomic E-state index is 12.7. The largest absolute Gasteiger partial charge is 0.480 e. The lowest BCUT2D eigenvalue weighted by Crippen LogP contribution is -2.42. The van der Waals surface area contributed by atoms with Crippen molar-refractivity contribution in [2.45, 2.75) is 125 Å². The number of amides is 1. The molecule has 0 aliphatic rings. The minimum absolute atomic E-state index is 0.179. The van der Waals surface area contributed by atoms with Gasteiger partial charge in [-0.15, -0.1) is 0 Å². The number of carboxylic acids is 1. The molecule has 0 heterocycles. The number of benzene rings is 2. The molecule has 2 aromatic carbocycles. The van der Waals surface area contributed by atoms with Crippen molar-refractivity contribution in [2.24, 2.45) is 5.41 Å². The van der Waals surface area contributed by atoms with Crippen LogP contribution in [-0.2, 0) is 16.6 Å². The topological polar surface area (TPSA) is 86.6 Å². The molecular formula is C34H53NO4. The highest BCUT2D eigenvalue weighted by Crippen LogP contribution is 2.41. The maximum Gasteiger partial charge on any atom is 0.325 e. The van der Waals surface area contributed by atoms with Crippen molar-refractivity contribution in [1.29, 1.82) is 0 Å². The van der Waals surface area contributed by atoms with Gasteiger partial charge in [0.05, 0.1) is 5.60 Å². The first kappa shape index (κ1) is 34.4. The third kappa shape index (κ3) is 7.72. The molecule has 0 spiro atoms. The molecule has 2 atom stereocenters. The maximum atomic E-state index is 12.7. The van der Waals surface area contributed by atoms with Gasteiger partial charge in [0.1, 0.15) is 6.04 Å². The van der Waals surface area contributed by atoms with Crippen LogP contribution in [0.3, 0.4) is 0 Å². The lowest BCUT2D eigenvalue weighted by atomic mass is 9.69. The van der Waals surface area contributed by atoms with Crippen LogP contribution in [0.4, 0.5) is 0 Å². The standard InChI is InChI=1S/C32H47NO4.C2H6/c1-10-31(11-2,26-15-16-27(22(5)20-26)28(34)33-23(6)29(35)36)25-14-13-24(21(4)19-25)17-18-32(37,12-3)30(7,8)9;1-2/h13-16,19-20,23,37H,10-12,17-18H2,1-9H3,(H,33,34)(H,35,36);1-2H3. The van der Waals surface area contributed by atoms with E-state index in [9.17, 15) is 14.7 Å². The van der Waals surface area contributed by atoms with E-state index in [1.54, 1.807) is 0 Å². The normalized spacial score (nSPS) is 14.1. The predicted molar refractivity (Wildman–Crippen MR) is 163 cm³/mol. The van der Waals surface area contributed by atoms with Gasteiger partial charge in [-0.25, -0.2) is 0 Å². The molecule has 0 bridgehead atoms. The highest BCUT2D eigenvalue weighted by Gasteiger charge is 2.38. The second kappa shape index (κ2) is 14.1. The van der Waals surface area contributed by atoms with Crippen molar-refractivity contribution in [2.75, 3.05) is 0 Å². The Morgan fingerprint density at radius 3 is 1.79 bits per heavy atom. The highest BCUT2D eigenvalue weighted by molar-refractivity contribution is 5.97. The summed E-state index contributed by atoms with van der Waals surface area (Å²) >= 11 is 0. The van der Waals surface area contributed by atoms with Crippen LogP contribution in [-0.4, -0.2) is 33.7 Å². The fraction of sp³-hybridized carbons (Fsp3) is 0.588. The average Bonchev–Trinajstić information content (AvgIpc) is 2.89. The Labute approximate surface area is 237 Å². The van der Waals surface area contributed by atoms with Gasteiger partial charge in [-0.05, 0) is 92.2 Å². The van der Waals surface area contributed by atoms with Gasteiger partial charge in [0.25, 0.3) is 5.91 Å². The van der Waals surface area contributed by atoms with E-state index >= 15 is 0 Å². The van der Waals surface area contributed by atoms with Crippen LogP contribution in [0.2, 0.25) is 0 Å². The molecule has 0 aromatic heterocycles. The van der Waals surface area contributed by atoms with E-state index in [0.29, 0.717) is 5.56 Å². The van der Waals surface area contributed by atoms with Gasteiger partial charge < -0.3 is 15.5 Å². The predicted octanol–water partition coefficient (Wildman–Crippen LogP) is 7.76. The quantitative estimate of drug-likeness (QED) is 0.272. The Morgan fingerprint density at radius 2 is 1.38 bits per heavy atom. The molecule has 0 aliphatic carbocycles. The van der Waals surface area contributed by atoms with Gasteiger partial charge in [-0.1, -0.05) is 85.7 Å². The number of rotatable bonds is 11. The van der Waals surface area contributed by atoms with E-state index in [0.717, 1.165) is 43.2 Å². The zero-order valence-electron chi connectivity index (χ0n) is 26.3. The molecule has 1 amide bonds.